The van der Waals surface area contributed by atoms with Crippen molar-refractivity contribution in [3.8, 4) is 0 Å². The van der Waals surface area contributed by atoms with Gasteiger partial charge in [0.25, 0.3) is 0 Å². The van der Waals surface area contributed by atoms with Crippen LogP contribution < -0.4 is 5.32 Å². The quantitative estimate of drug-likeness (QED) is 0.811. The third kappa shape index (κ3) is 4.20. The number of amides is 1. The fourth-order valence-corrected chi connectivity index (χ4v) is 2.09. The van der Waals surface area contributed by atoms with Gasteiger partial charge in [0, 0.05) is 0 Å². The molecular weight excluding hydrogens is 234 g/mol. The monoisotopic (exact) mass is 257 g/mol. The first-order valence-corrected chi connectivity index (χ1v) is 6.43. The normalized spacial score (nSPS) is 19.6. The Hall–Kier alpha value is -1.26. The van der Waals surface area contributed by atoms with E-state index in [2.05, 4.69) is 5.32 Å². The molecule has 0 spiro atoms. The Labute approximate surface area is 108 Å². The van der Waals surface area contributed by atoms with Crippen LogP contribution >= 0.6 is 0 Å². The van der Waals surface area contributed by atoms with Gasteiger partial charge in [0.1, 0.15) is 11.6 Å². The molecule has 2 N–H and O–H groups in total. The summed E-state index contributed by atoms with van der Waals surface area (Å²) < 4.78 is 5.09. The molecule has 0 radical (unpaired) electrons. The van der Waals surface area contributed by atoms with Gasteiger partial charge in [-0.25, -0.2) is 9.59 Å². The number of nitrogens with one attached hydrogen (secondary N) is 1. The van der Waals surface area contributed by atoms with E-state index in [-0.39, 0.29) is 5.92 Å². The Morgan fingerprint density at radius 2 is 1.89 bits per heavy atom. The first-order chi connectivity index (χ1) is 8.20. The van der Waals surface area contributed by atoms with E-state index in [9.17, 15) is 14.7 Å². The van der Waals surface area contributed by atoms with Crippen LogP contribution in [-0.4, -0.2) is 28.8 Å². The minimum atomic E-state index is -1.000. The number of hydrogen-bond acceptors (Lipinski definition) is 3. The van der Waals surface area contributed by atoms with Gasteiger partial charge in [-0.05, 0) is 32.6 Å². The topological polar surface area (TPSA) is 75.6 Å². The highest BCUT2D eigenvalue weighted by molar-refractivity contribution is 5.80. The van der Waals surface area contributed by atoms with Gasteiger partial charge in [0.15, 0.2) is 0 Å². The maximum Gasteiger partial charge on any atom is 0.408 e. The first kappa shape index (κ1) is 14.8. The van der Waals surface area contributed by atoms with Gasteiger partial charge in [0.05, 0.1) is 0 Å². The van der Waals surface area contributed by atoms with Crippen LogP contribution in [0.3, 0.4) is 0 Å². The Morgan fingerprint density at radius 1 is 1.33 bits per heavy atom. The summed E-state index contributed by atoms with van der Waals surface area (Å²) in [4.78, 5) is 22.8. The SMILES string of the molecule is CC(C1CCC1)C(NC(=O)OC(C)(C)C)C(=O)O. The molecule has 0 aromatic heterocycles. The molecule has 2 atom stereocenters. The summed E-state index contributed by atoms with van der Waals surface area (Å²) in [5.74, 6) is -0.676. The molecule has 0 saturated heterocycles. The fraction of sp³-hybridized carbons (Fsp3) is 0.846. The van der Waals surface area contributed by atoms with Crippen molar-refractivity contribution in [2.75, 3.05) is 0 Å². The van der Waals surface area contributed by atoms with Gasteiger partial charge >= 0.3 is 12.1 Å². The van der Waals surface area contributed by atoms with Gasteiger partial charge < -0.3 is 15.2 Å². The Bertz CT molecular complexity index is 317. The van der Waals surface area contributed by atoms with Crippen molar-refractivity contribution in [3.05, 3.63) is 0 Å². The first-order valence-electron chi connectivity index (χ1n) is 6.43. The molecule has 1 aliphatic rings. The highest BCUT2D eigenvalue weighted by atomic mass is 16.6. The van der Waals surface area contributed by atoms with Gasteiger partial charge in [-0.15, -0.1) is 0 Å². The molecule has 18 heavy (non-hydrogen) atoms. The second kappa shape index (κ2) is 5.59. The van der Waals surface area contributed by atoms with E-state index in [1.54, 1.807) is 20.8 Å². The van der Waals surface area contributed by atoms with Crippen LogP contribution in [0, 0.1) is 11.8 Å². The largest absolute Gasteiger partial charge is 0.480 e. The van der Waals surface area contributed by atoms with Gasteiger partial charge in [-0.2, -0.15) is 0 Å². The molecule has 0 aromatic rings. The lowest BCUT2D eigenvalue weighted by molar-refractivity contribution is -0.141. The molecule has 0 heterocycles. The van der Waals surface area contributed by atoms with E-state index in [1.165, 1.54) is 0 Å². The van der Waals surface area contributed by atoms with E-state index in [0.717, 1.165) is 19.3 Å². The van der Waals surface area contributed by atoms with Crippen LogP contribution in [0.25, 0.3) is 0 Å². The molecule has 2 unspecified atom stereocenters. The number of aliphatic carboxylic acids is 1. The van der Waals surface area contributed by atoms with E-state index >= 15 is 0 Å². The van der Waals surface area contributed by atoms with Gasteiger partial charge in [0.2, 0.25) is 0 Å². The highest BCUT2D eigenvalue weighted by Gasteiger charge is 2.35. The molecule has 1 rings (SSSR count). The molecule has 5 nitrogen and oxygen atoms in total. The number of carbonyl (C=O) groups excluding carboxylic acids is 1. The van der Waals surface area contributed by atoms with E-state index in [4.69, 9.17) is 4.74 Å². The van der Waals surface area contributed by atoms with Crippen molar-refractivity contribution in [1.82, 2.24) is 5.32 Å². The number of rotatable bonds is 4. The molecule has 1 aliphatic carbocycles. The predicted molar refractivity (Wildman–Crippen MR) is 67.3 cm³/mol. The van der Waals surface area contributed by atoms with Crippen LogP contribution in [0.5, 0.6) is 0 Å². The number of carboxylic acid groups (broad SMARTS) is 1. The standard InChI is InChI=1S/C13H23NO4/c1-8(9-6-5-7-9)10(11(15)16)14-12(17)18-13(2,3)4/h8-10H,5-7H2,1-4H3,(H,14,17)(H,15,16). The molecular formula is C13H23NO4. The van der Waals surface area contributed by atoms with Crippen LogP contribution in [0.2, 0.25) is 0 Å². The van der Waals surface area contributed by atoms with Crippen molar-refractivity contribution in [2.45, 2.75) is 58.6 Å². The van der Waals surface area contributed by atoms with Crippen molar-refractivity contribution in [3.63, 3.8) is 0 Å². The van der Waals surface area contributed by atoms with Crippen LogP contribution in [-0.2, 0) is 9.53 Å². The van der Waals surface area contributed by atoms with Crippen molar-refractivity contribution < 1.29 is 19.4 Å². The molecule has 0 aliphatic heterocycles. The number of carbonyl (C=O) groups is 2. The molecule has 0 aromatic carbocycles. The summed E-state index contributed by atoms with van der Waals surface area (Å²) in [5, 5.41) is 11.7. The van der Waals surface area contributed by atoms with E-state index in [0.29, 0.717) is 5.92 Å². The minimum Gasteiger partial charge on any atom is -0.480 e. The third-order valence-corrected chi connectivity index (χ3v) is 3.36. The molecule has 0 bridgehead atoms. The summed E-state index contributed by atoms with van der Waals surface area (Å²) in [6.45, 7) is 7.12. The molecule has 5 heteroatoms. The minimum absolute atomic E-state index is 0.0660. The zero-order chi connectivity index (χ0) is 13.9. The Kier molecular flexibility index (Phi) is 4.59. The lowest BCUT2D eigenvalue weighted by Gasteiger charge is -2.35. The number of ether oxygens (including phenoxy) is 1. The Morgan fingerprint density at radius 3 is 2.22 bits per heavy atom. The Balaban J connectivity index is 2.57. The second-order valence-corrected chi connectivity index (χ2v) is 6.01. The third-order valence-electron chi connectivity index (χ3n) is 3.36. The fourth-order valence-electron chi connectivity index (χ4n) is 2.09. The smallest absolute Gasteiger partial charge is 0.408 e. The second-order valence-electron chi connectivity index (χ2n) is 6.01. The predicted octanol–water partition coefficient (Wildman–Crippen LogP) is 2.40. The summed E-state index contributed by atoms with van der Waals surface area (Å²) in [6.07, 6.45) is 2.57. The van der Waals surface area contributed by atoms with Gasteiger partial charge in [-0.3, -0.25) is 0 Å². The van der Waals surface area contributed by atoms with E-state index < -0.39 is 23.7 Å². The van der Waals surface area contributed by atoms with Crippen LogP contribution in [0.4, 0.5) is 4.79 Å². The molecule has 1 amide bonds. The average molecular weight is 257 g/mol. The summed E-state index contributed by atoms with van der Waals surface area (Å²) in [7, 11) is 0. The van der Waals surface area contributed by atoms with Gasteiger partial charge in [-0.1, -0.05) is 26.2 Å². The van der Waals surface area contributed by atoms with Crippen molar-refractivity contribution >= 4 is 12.1 Å². The number of hydrogen-bond donors (Lipinski definition) is 2. The lowest BCUT2D eigenvalue weighted by atomic mass is 9.74. The summed E-state index contributed by atoms with van der Waals surface area (Å²) >= 11 is 0. The van der Waals surface area contributed by atoms with Crippen LogP contribution in [0.1, 0.15) is 47.0 Å². The highest BCUT2D eigenvalue weighted by Crippen LogP contribution is 2.35. The van der Waals surface area contributed by atoms with Crippen LogP contribution in [0.15, 0.2) is 0 Å². The van der Waals surface area contributed by atoms with E-state index in [1.807, 2.05) is 6.92 Å². The lowest BCUT2D eigenvalue weighted by Crippen LogP contribution is -2.49. The summed E-state index contributed by atoms with van der Waals surface area (Å²) in [6, 6.07) is -0.870. The molecule has 1 saturated carbocycles. The number of carboxylic acids is 1. The zero-order valence-corrected chi connectivity index (χ0v) is 11.5. The van der Waals surface area contributed by atoms with Crippen molar-refractivity contribution in [1.29, 1.82) is 0 Å². The van der Waals surface area contributed by atoms with Crippen molar-refractivity contribution in [2.24, 2.45) is 11.8 Å². The number of alkyl carbamates (subject to hydrolysis) is 1. The average Bonchev–Trinajstić information content (AvgIpc) is 2.07. The molecule has 104 valence electrons. The zero-order valence-electron chi connectivity index (χ0n) is 11.5. The summed E-state index contributed by atoms with van der Waals surface area (Å²) in [5.41, 5.74) is -0.618. The maximum absolute atomic E-state index is 11.6. The maximum atomic E-state index is 11.6. The molecule has 1 fully saturated rings.